The van der Waals surface area contributed by atoms with Gasteiger partial charge in [-0.3, -0.25) is 4.99 Å². The van der Waals surface area contributed by atoms with Gasteiger partial charge in [-0.2, -0.15) is 0 Å². The molecule has 0 heterocycles. The first-order valence-electron chi connectivity index (χ1n) is 9.51. The molecule has 0 bridgehead atoms. The number of ether oxygens (including phenoxy) is 1. The molecule has 2 rings (SSSR count). The highest BCUT2D eigenvalue weighted by Gasteiger charge is 2.18. The van der Waals surface area contributed by atoms with E-state index in [1.807, 2.05) is 14.0 Å². The van der Waals surface area contributed by atoms with Crippen molar-refractivity contribution in [2.45, 2.75) is 52.1 Å². The van der Waals surface area contributed by atoms with Gasteiger partial charge >= 0.3 is 0 Å². The Morgan fingerprint density at radius 2 is 2.04 bits per heavy atom. The highest BCUT2D eigenvalue weighted by molar-refractivity contribution is 5.79. The van der Waals surface area contributed by atoms with Crippen LogP contribution in [0.5, 0.6) is 5.75 Å². The van der Waals surface area contributed by atoms with Crippen molar-refractivity contribution in [2.75, 3.05) is 33.8 Å². The van der Waals surface area contributed by atoms with Gasteiger partial charge in [-0.1, -0.05) is 25.0 Å². The van der Waals surface area contributed by atoms with E-state index in [4.69, 9.17) is 4.74 Å². The van der Waals surface area contributed by atoms with Crippen molar-refractivity contribution in [1.29, 1.82) is 0 Å². The van der Waals surface area contributed by atoms with E-state index in [1.165, 1.54) is 31.2 Å². The highest BCUT2D eigenvalue weighted by atomic mass is 16.5. The molecule has 0 aliphatic heterocycles. The summed E-state index contributed by atoms with van der Waals surface area (Å²) in [7, 11) is 4.04. The SMILES string of the molecule is CCOc1cc(C)ccc1CNC(=NC)NCCN(C)C1CCCC1. The van der Waals surface area contributed by atoms with Crippen LogP contribution in [0.4, 0.5) is 0 Å². The zero-order valence-corrected chi connectivity index (χ0v) is 16.3. The van der Waals surface area contributed by atoms with Crippen molar-refractivity contribution in [1.82, 2.24) is 15.5 Å². The lowest BCUT2D eigenvalue weighted by molar-refractivity contribution is 0.249. The van der Waals surface area contributed by atoms with Crippen LogP contribution in [0.3, 0.4) is 0 Å². The molecule has 1 aromatic rings. The molecule has 25 heavy (non-hydrogen) atoms. The largest absolute Gasteiger partial charge is 0.494 e. The molecule has 1 aliphatic carbocycles. The van der Waals surface area contributed by atoms with Crippen LogP contribution in [0.15, 0.2) is 23.2 Å². The molecule has 1 aliphatic rings. The number of aryl methyl sites for hydroxylation is 1. The third-order valence-corrected chi connectivity index (χ3v) is 4.90. The Morgan fingerprint density at radius 3 is 2.72 bits per heavy atom. The van der Waals surface area contributed by atoms with E-state index in [2.05, 4.69) is 52.7 Å². The van der Waals surface area contributed by atoms with E-state index < -0.39 is 0 Å². The maximum Gasteiger partial charge on any atom is 0.191 e. The normalized spacial score (nSPS) is 15.6. The number of hydrogen-bond acceptors (Lipinski definition) is 3. The van der Waals surface area contributed by atoms with Crippen LogP contribution in [0.1, 0.15) is 43.7 Å². The van der Waals surface area contributed by atoms with E-state index in [1.54, 1.807) is 0 Å². The minimum Gasteiger partial charge on any atom is -0.494 e. The van der Waals surface area contributed by atoms with Crippen molar-refractivity contribution >= 4 is 5.96 Å². The Bertz CT molecular complexity index is 553. The quantitative estimate of drug-likeness (QED) is 0.561. The van der Waals surface area contributed by atoms with Crippen LogP contribution in [0, 0.1) is 6.92 Å². The van der Waals surface area contributed by atoms with Gasteiger partial charge in [0.2, 0.25) is 0 Å². The minimum atomic E-state index is 0.678. The summed E-state index contributed by atoms with van der Waals surface area (Å²) in [4.78, 5) is 6.80. The third-order valence-electron chi connectivity index (χ3n) is 4.90. The maximum absolute atomic E-state index is 5.75. The number of nitrogens with one attached hydrogen (secondary N) is 2. The summed E-state index contributed by atoms with van der Waals surface area (Å²) in [5, 5.41) is 6.80. The Morgan fingerprint density at radius 1 is 1.28 bits per heavy atom. The second-order valence-electron chi connectivity index (χ2n) is 6.82. The number of guanidine groups is 1. The predicted molar refractivity (Wildman–Crippen MR) is 105 cm³/mol. The molecule has 2 N–H and O–H groups in total. The molecule has 1 fully saturated rings. The van der Waals surface area contributed by atoms with Crippen LogP contribution in [-0.2, 0) is 6.54 Å². The van der Waals surface area contributed by atoms with Gasteiger partial charge in [-0.15, -0.1) is 0 Å². The average Bonchev–Trinajstić information content (AvgIpc) is 3.14. The maximum atomic E-state index is 5.75. The number of aliphatic imine (C=N–C) groups is 1. The van der Waals surface area contributed by atoms with Crippen LogP contribution in [-0.4, -0.2) is 50.7 Å². The Hall–Kier alpha value is -1.75. The predicted octanol–water partition coefficient (Wildman–Crippen LogP) is 2.93. The monoisotopic (exact) mass is 346 g/mol. The first-order valence-corrected chi connectivity index (χ1v) is 9.51. The number of likely N-dealkylation sites (N-methyl/N-ethyl adjacent to an activating group) is 1. The zero-order chi connectivity index (χ0) is 18.1. The molecule has 140 valence electrons. The van der Waals surface area contributed by atoms with Gasteiger partial charge in [-0.05, 0) is 45.4 Å². The van der Waals surface area contributed by atoms with Gasteiger partial charge in [0.15, 0.2) is 5.96 Å². The first kappa shape index (κ1) is 19.6. The van der Waals surface area contributed by atoms with Gasteiger partial charge < -0.3 is 20.3 Å². The van der Waals surface area contributed by atoms with Gasteiger partial charge in [0.05, 0.1) is 6.61 Å². The minimum absolute atomic E-state index is 0.678. The van der Waals surface area contributed by atoms with E-state index in [-0.39, 0.29) is 0 Å². The van der Waals surface area contributed by atoms with Gasteiger partial charge in [0, 0.05) is 38.3 Å². The lowest BCUT2D eigenvalue weighted by Crippen LogP contribution is -2.42. The molecule has 0 saturated heterocycles. The molecule has 0 aromatic heterocycles. The van der Waals surface area contributed by atoms with Crippen LogP contribution < -0.4 is 15.4 Å². The molecule has 1 aromatic carbocycles. The van der Waals surface area contributed by atoms with Crippen LogP contribution in [0.2, 0.25) is 0 Å². The van der Waals surface area contributed by atoms with Gasteiger partial charge in [-0.25, -0.2) is 0 Å². The smallest absolute Gasteiger partial charge is 0.191 e. The lowest BCUT2D eigenvalue weighted by Gasteiger charge is -2.24. The molecule has 0 atom stereocenters. The molecule has 0 unspecified atom stereocenters. The molecular weight excluding hydrogens is 312 g/mol. The summed E-state index contributed by atoms with van der Waals surface area (Å²) in [6, 6.07) is 7.09. The van der Waals surface area contributed by atoms with Crippen molar-refractivity contribution in [3.05, 3.63) is 29.3 Å². The fraction of sp³-hybridized carbons (Fsp3) is 0.650. The average molecular weight is 347 g/mol. The zero-order valence-electron chi connectivity index (χ0n) is 16.3. The number of hydrogen-bond donors (Lipinski definition) is 2. The van der Waals surface area contributed by atoms with Crippen LogP contribution in [0.25, 0.3) is 0 Å². The molecule has 1 saturated carbocycles. The molecule has 0 spiro atoms. The number of rotatable bonds is 8. The summed E-state index contributed by atoms with van der Waals surface area (Å²) in [5.41, 5.74) is 2.36. The summed E-state index contributed by atoms with van der Waals surface area (Å²) in [6.07, 6.45) is 5.45. The second kappa shape index (κ2) is 10.3. The standard InChI is InChI=1S/C20H34N4O/c1-5-25-19-14-16(2)10-11-17(19)15-23-20(21-3)22-12-13-24(4)18-8-6-7-9-18/h10-11,14,18H,5-9,12-13,15H2,1-4H3,(H2,21,22,23). The third kappa shape index (κ3) is 6.24. The Kier molecular flexibility index (Phi) is 8.06. The van der Waals surface area contributed by atoms with Crippen molar-refractivity contribution in [3.63, 3.8) is 0 Å². The molecule has 5 nitrogen and oxygen atoms in total. The second-order valence-corrected chi connectivity index (χ2v) is 6.82. The fourth-order valence-corrected chi connectivity index (χ4v) is 3.38. The van der Waals surface area contributed by atoms with E-state index >= 15 is 0 Å². The number of nitrogens with zero attached hydrogens (tertiary/aromatic N) is 2. The Balaban J connectivity index is 1.78. The highest BCUT2D eigenvalue weighted by Crippen LogP contribution is 2.22. The fourth-order valence-electron chi connectivity index (χ4n) is 3.38. The van der Waals surface area contributed by atoms with Crippen molar-refractivity contribution < 1.29 is 4.74 Å². The molecule has 5 heteroatoms. The van der Waals surface area contributed by atoms with Gasteiger partial charge in [0.25, 0.3) is 0 Å². The van der Waals surface area contributed by atoms with Crippen molar-refractivity contribution in [2.24, 2.45) is 4.99 Å². The summed E-state index contributed by atoms with van der Waals surface area (Å²) in [5.74, 6) is 1.79. The molecular formula is C20H34N4O. The van der Waals surface area contributed by atoms with Crippen molar-refractivity contribution in [3.8, 4) is 5.75 Å². The molecule has 0 amide bonds. The van der Waals surface area contributed by atoms with Crippen LogP contribution >= 0.6 is 0 Å². The molecule has 0 radical (unpaired) electrons. The van der Waals surface area contributed by atoms with E-state index in [9.17, 15) is 0 Å². The van der Waals surface area contributed by atoms with E-state index in [0.29, 0.717) is 13.2 Å². The van der Waals surface area contributed by atoms with Gasteiger partial charge in [0.1, 0.15) is 5.75 Å². The topological polar surface area (TPSA) is 48.9 Å². The first-order chi connectivity index (χ1) is 12.1. The summed E-state index contributed by atoms with van der Waals surface area (Å²) >= 11 is 0. The Labute approximate surface area is 152 Å². The summed E-state index contributed by atoms with van der Waals surface area (Å²) in [6.45, 7) is 7.42. The number of benzene rings is 1. The van der Waals surface area contributed by atoms with E-state index in [0.717, 1.165) is 36.4 Å². The lowest BCUT2D eigenvalue weighted by atomic mass is 10.1. The summed E-state index contributed by atoms with van der Waals surface area (Å²) < 4.78 is 5.75.